The summed E-state index contributed by atoms with van der Waals surface area (Å²) in [5, 5.41) is 0. The Morgan fingerprint density at radius 2 is 0.775 bits per heavy atom. The normalized spacial score (nSPS) is 11.3. The predicted molar refractivity (Wildman–Crippen MR) is 156 cm³/mol. The van der Waals surface area contributed by atoms with Crippen molar-refractivity contribution in [1.29, 1.82) is 0 Å². The van der Waals surface area contributed by atoms with Crippen LogP contribution < -0.4 is 0 Å². The zero-order valence-electron chi connectivity index (χ0n) is 25.5. The predicted octanol–water partition coefficient (Wildman–Crippen LogP) is 6.89. The largest absolute Gasteiger partial charge is 0.466 e. The van der Waals surface area contributed by atoms with Crippen LogP contribution in [-0.2, 0) is 38.1 Å². The van der Waals surface area contributed by atoms with Gasteiger partial charge in [-0.3, -0.25) is 19.2 Å². The van der Waals surface area contributed by atoms with Gasteiger partial charge in [0.15, 0.2) is 0 Å². The van der Waals surface area contributed by atoms with Gasteiger partial charge in [0.2, 0.25) is 0 Å². The van der Waals surface area contributed by atoms with Crippen molar-refractivity contribution in [2.75, 3.05) is 26.4 Å². The molecule has 0 bridgehead atoms. The lowest BCUT2D eigenvalue weighted by Gasteiger charge is -2.07. The highest BCUT2D eigenvalue weighted by molar-refractivity contribution is 5.78. The van der Waals surface area contributed by atoms with Gasteiger partial charge in [-0.2, -0.15) is 0 Å². The van der Waals surface area contributed by atoms with E-state index in [2.05, 4.69) is 39.8 Å². The first-order valence-corrected chi connectivity index (χ1v) is 14.2. The fraction of sp³-hybridized carbons (Fsp3) is 0.625. The van der Waals surface area contributed by atoms with Gasteiger partial charge >= 0.3 is 23.9 Å². The number of carbonyl (C=O) groups excluding carboxylic acids is 4. The molecule has 0 fully saturated rings. The number of hydrogen-bond donors (Lipinski definition) is 0. The molecule has 0 aromatic rings. The van der Waals surface area contributed by atoms with Crippen molar-refractivity contribution in [3.05, 3.63) is 46.6 Å². The van der Waals surface area contributed by atoms with Gasteiger partial charge in [-0.25, -0.2) is 0 Å². The Hall–Kier alpha value is -3.16. The van der Waals surface area contributed by atoms with Gasteiger partial charge < -0.3 is 18.9 Å². The van der Waals surface area contributed by atoms with E-state index in [1.165, 1.54) is 11.1 Å². The average molecular weight is 563 g/mol. The van der Waals surface area contributed by atoms with E-state index in [9.17, 15) is 19.2 Å². The van der Waals surface area contributed by atoms with E-state index in [1.807, 2.05) is 26.0 Å². The SMILES string of the molecule is CC(C)=CCC/C(C)=C/COC(=O)CCC(=O)OCCCCOC(=O)CCC(=O)OC/C=C(\C)CCC=C(C)C. The summed E-state index contributed by atoms with van der Waals surface area (Å²) in [6.45, 7) is 13.0. The first kappa shape index (κ1) is 36.8. The van der Waals surface area contributed by atoms with Gasteiger partial charge in [0.25, 0.3) is 0 Å². The number of carbonyl (C=O) groups is 4. The van der Waals surface area contributed by atoms with Crippen LogP contribution in [0, 0.1) is 0 Å². The topological polar surface area (TPSA) is 105 Å². The Labute approximate surface area is 240 Å². The Bertz CT molecular complexity index is 826. The fourth-order valence-corrected chi connectivity index (χ4v) is 3.21. The molecule has 0 heterocycles. The molecule has 8 heteroatoms. The van der Waals surface area contributed by atoms with Crippen molar-refractivity contribution >= 4 is 23.9 Å². The molecular weight excluding hydrogens is 512 g/mol. The van der Waals surface area contributed by atoms with Crippen LogP contribution in [0.25, 0.3) is 0 Å². The first-order chi connectivity index (χ1) is 19.0. The van der Waals surface area contributed by atoms with Crippen molar-refractivity contribution in [3.63, 3.8) is 0 Å². The third kappa shape index (κ3) is 25.1. The van der Waals surface area contributed by atoms with E-state index in [-0.39, 0.29) is 52.1 Å². The van der Waals surface area contributed by atoms with Crippen LogP contribution in [0.3, 0.4) is 0 Å². The van der Waals surface area contributed by atoms with E-state index >= 15 is 0 Å². The molecule has 0 spiro atoms. The minimum absolute atomic E-state index is 0.0320. The van der Waals surface area contributed by atoms with Gasteiger partial charge in [0.1, 0.15) is 13.2 Å². The lowest BCUT2D eigenvalue weighted by Crippen LogP contribution is -2.12. The number of esters is 4. The molecule has 0 saturated heterocycles. The van der Waals surface area contributed by atoms with E-state index in [1.54, 1.807) is 0 Å². The fourth-order valence-electron chi connectivity index (χ4n) is 3.21. The zero-order chi connectivity index (χ0) is 30.2. The number of allylic oxidation sites excluding steroid dienone is 6. The van der Waals surface area contributed by atoms with Crippen LogP contribution in [-0.4, -0.2) is 50.3 Å². The second-order valence-electron chi connectivity index (χ2n) is 10.3. The summed E-state index contributed by atoms with van der Waals surface area (Å²) >= 11 is 0. The monoisotopic (exact) mass is 562 g/mol. The number of unbranched alkanes of at least 4 members (excludes halogenated alkanes) is 1. The van der Waals surface area contributed by atoms with Crippen LogP contribution in [0.15, 0.2) is 46.6 Å². The summed E-state index contributed by atoms with van der Waals surface area (Å²) in [7, 11) is 0. The maximum Gasteiger partial charge on any atom is 0.306 e. The van der Waals surface area contributed by atoms with E-state index in [0.29, 0.717) is 12.8 Å². The molecule has 0 radical (unpaired) electrons. The van der Waals surface area contributed by atoms with Gasteiger partial charge in [-0.15, -0.1) is 0 Å². The summed E-state index contributed by atoms with van der Waals surface area (Å²) in [5.41, 5.74) is 4.86. The number of hydrogen-bond acceptors (Lipinski definition) is 8. The van der Waals surface area contributed by atoms with E-state index in [4.69, 9.17) is 18.9 Å². The molecule has 0 aromatic carbocycles. The molecule has 226 valence electrons. The highest BCUT2D eigenvalue weighted by Crippen LogP contribution is 2.08. The van der Waals surface area contributed by atoms with Gasteiger partial charge in [-0.1, -0.05) is 34.4 Å². The number of ether oxygens (including phenoxy) is 4. The second-order valence-corrected chi connectivity index (χ2v) is 10.3. The van der Waals surface area contributed by atoms with Crippen molar-refractivity contribution < 1.29 is 38.1 Å². The van der Waals surface area contributed by atoms with Crippen molar-refractivity contribution in [1.82, 2.24) is 0 Å². The Kier molecular flexibility index (Phi) is 21.8. The van der Waals surface area contributed by atoms with E-state index < -0.39 is 23.9 Å². The van der Waals surface area contributed by atoms with Crippen molar-refractivity contribution in [2.45, 2.75) is 106 Å². The molecule has 0 aromatic heterocycles. The maximum absolute atomic E-state index is 11.8. The molecule has 0 aliphatic rings. The average Bonchev–Trinajstić information content (AvgIpc) is 2.87. The molecule has 40 heavy (non-hydrogen) atoms. The summed E-state index contributed by atoms with van der Waals surface area (Å²) in [6.07, 6.45) is 12.7. The lowest BCUT2D eigenvalue weighted by molar-refractivity contribution is -0.150. The Morgan fingerprint density at radius 3 is 1.10 bits per heavy atom. The molecule has 0 atom stereocenters. The van der Waals surface area contributed by atoms with Crippen LogP contribution in [0.5, 0.6) is 0 Å². The Morgan fingerprint density at radius 1 is 0.450 bits per heavy atom. The highest BCUT2D eigenvalue weighted by Gasteiger charge is 2.10. The lowest BCUT2D eigenvalue weighted by atomic mass is 10.1. The summed E-state index contributed by atoms with van der Waals surface area (Å²) in [4.78, 5) is 47.2. The second kappa shape index (κ2) is 23.7. The minimum Gasteiger partial charge on any atom is -0.466 e. The molecule has 0 aliphatic carbocycles. The van der Waals surface area contributed by atoms with Crippen LogP contribution >= 0.6 is 0 Å². The summed E-state index contributed by atoms with van der Waals surface area (Å²) < 4.78 is 20.5. The van der Waals surface area contributed by atoms with Gasteiger partial charge in [-0.05, 0) is 92.2 Å². The molecule has 0 amide bonds. The van der Waals surface area contributed by atoms with Crippen molar-refractivity contribution in [2.24, 2.45) is 0 Å². The summed E-state index contributed by atoms with van der Waals surface area (Å²) in [5.74, 6) is -1.83. The minimum atomic E-state index is -0.473. The van der Waals surface area contributed by atoms with E-state index in [0.717, 1.165) is 36.8 Å². The van der Waals surface area contributed by atoms with Crippen molar-refractivity contribution in [3.8, 4) is 0 Å². The molecule has 0 aliphatic heterocycles. The smallest absolute Gasteiger partial charge is 0.306 e. The zero-order valence-corrected chi connectivity index (χ0v) is 25.5. The van der Waals surface area contributed by atoms with Crippen LogP contribution in [0.1, 0.15) is 106 Å². The molecule has 8 nitrogen and oxygen atoms in total. The first-order valence-electron chi connectivity index (χ1n) is 14.2. The van der Waals surface area contributed by atoms with Crippen LogP contribution in [0.2, 0.25) is 0 Å². The van der Waals surface area contributed by atoms with Gasteiger partial charge in [0.05, 0.1) is 38.9 Å². The standard InChI is InChI=1S/C32H50O8/c1-25(2)11-9-13-27(5)19-23-39-31(35)17-15-29(33)37-21-7-8-22-38-30(34)16-18-32(36)40-24-20-28(6)14-10-12-26(3)4/h11-12,19-20H,7-10,13-18,21-24H2,1-6H3/b27-19+,28-20+. The highest BCUT2D eigenvalue weighted by atomic mass is 16.5. The molecule has 0 saturated carbocycles. The van der Waals surface area contributed by atoms with Crippen LogP contribution in [0.4, 0.5) is 0 Å². The van der Waals surface area contributed by atoms with Gasteiger partial charge in [0, 0.05) is 0 Å². The molecule has 0 N–H and O–H groups in total. The third-order valence-electron chi connectivity index (χ3n) is 5.67. The Balaban J connectivity index is 3.79. The molecule has 0 unspecified atom stereocenters. The maximum atomic E-state index is 11.8. The third-order valence-corrected chi connectivity index (χ3v) is 5.67. The molecular formula is C32H50O8. The molecule has 0 rings (SSSR count). The number of rotatable bonds is 21. The summed E-state index contributed by atoms with van der Waals surface area (Å²) in [6, 6.07) is 0. The quantitative estimate of drug-likeness (QED) is 0.0645.